The largest absolute Gasteiger partial charge is 0.612 e. The fourth-order valence-corrected chi connectivity index (χ4v) is 3.32. The summed E-state index contributed by atoms with van der Waals surface area (Å²) in [5, 5.41) is 4.11. The lowest BCUT2D eigenvalue weighted by Gasteiger charge is -2.07. The molecule has 0 saturated heterocycles. The van der Waals surface area contributed by atoms with Crippen LogP contribution >= 0.6 is 0 Å². The Morgan fingerprint density at radius 1 is 1.14 bits per heavy atom. The van der Waals surface area contributed by atoms with E-state index in [1.165, 1.54) is 11.5 Å². The van der Waals surface area contributed by atoms with E-state index in [2.05, 4.69) is 5.32 Å². The van der Waals surface area contributed by atoms with Crippen molar-refractivity contribution in [1.29, 1.82) is 0 Å². The van der Waals surface area contributed by atoms with E-state index in [9.17, 15) is 13.7 Å². The van der Waals surface area contributed by atoms with Crippen molar-refractivity contribution in [1.82, 2.24) is 0 Å². The first-order valence-corrected chi connectivity index (χ1v) is 7.76. The number of benzene rings is 2. The summed E-state index contributed by atoms with van der Waals surface area (Å²) in [6.07, 6.45) is 0. The zero-order chi connectivity index (χ0) is 14.8. The maximum Gasteiger partial charge on any atom is 0.260 e. The van der Waals surface area contributed by atoms with Crippen LogP contribution in [0.5, 0.6) is 0 Å². The molecule has 0 aliphatic carbocycles. The van der Waals surface area contributed by atoms with Crippen LogP contribution in [0.1, 0.15) is 11.1 Å². The number of carbonyl (C=O) groups excluding carboxylic acids is 1. The summed E-state index contributed by atoms with van der Waals surface area (Å²) in [6, 6.07) is 13.4. The van der Waals surface area contributed by atoms with E-state index in [1.807, 2.05) is 12.1 Å². The molecular formula is C16H12FNO2S. The number of fused-ring (bicyclic) bond motifs is 1. The van der Waals surface area contributed by atoms with Gasteiger partial charge in [0.2, 0.25) is 0 Å². The van der Waals surface area contributed by atoms with Crippen molar-refractivity contribution in [2.45, 2.75) is 5.75 Å². The van der Waals surface area contributed by atoms with Crippen molar-refractivity contribution < 1.29 is 13.7 Å². The number of para-hydroxylation sites is 1. The normalized spacial score (nSPS) is 16.7. The molecule has 1 aliphatic heterocycles. The Bertz CT molecular complexity index is 730. The van der Waals surface area contributed by atoms with E-state index < -0.39 is 11.2 Å². The Hall–Kier alpha value is -2.11. The standard InChI is InChI=1S/C16H12FNO2S/c17-14-7-3-1-5-11(14)9-21(20)10-13-12-6-2-4-8-15(12)18-16(13)19/h1-8,10H,9H2,(H,18,19). The molecule has 0 radical (unpaired) electrons. The Labute approximate surface area is 124 Å². The Morgan fingerprint density at radius 3 is 2.67 bits per heavy atom. The molecule has 0 fully saturated rings. The lowest BCUT2D eigenvalue weighted by Crippen LogP contribution is -2.08. The van der Waals surface area contributed by atoms with Gasteiger partial charge >= 0.3 is 0 Å². The molecule has 1 unspecified atom stereocenters. The Morgan fingerprint density at radius 2 is 1.86 bits per heavy atom. The molecule has 2 aromatic carbocycles. The molecule has 0 saturated carbocycles. The van der Waals surface area contributed by atoms with E-state index in [4.69, 9.17) is 0 Å². The predicted octanol–water partition coefficient (Wildman–Crippen LogP) is 3.07. The van der Waals surface area contributed by atoms with Crippen LogP contribution < -0.4 is 5.32 Å². The Kier molecular flexibility index (Phi) is 3.77. The van der Waals surface area contributed by atoms with Crippen LogP contribution in [0.4, 0.5) is 10.1 Å². The molecule has 3 rings (SSSR count). The first kappa shape index (κ1) is 13.9. The highest BCUT2D eigenvalue weighted by atomic mass is 32.2. The highest BCUT2D eigenvalue weighted by molar-refractivity contribution is 7.93. The average Bonchev–Trinajstić information content (AvgIpc) is 2.78. The first-order valence-electron chi connectivity index (χ1n) is 6.38. The van der Waals surface area contributed by atoms with Gasteiger partial charge in [0.05, 0.1) is 5.57 Å². The summed E-state index contributed by atoms with van der Waals surface area (Å²) >= 11 is -1.46. The van der Waals surface area contributed by atoms with Crippen LogP contribution in [0.2, 0.25) is 0 Å². The molecular weight excluding hydrogens is 289 g/mol. The fourth-order valence-electron chi connectivity index (χ4n) is 2.20. The molecule has 21 heavy (non-hydrogen) atoms. The molecule has 1 heterocycles. The summed E-state index contributed by atoms with van der Waals surface area (Å²) in [5.74, 6) is -0.621. The minimum atomic E-state index is -1.46. The quantitative estimate of drug-likeness (QED) is 0.699. The molecule has 1 aliphatic rings. The van der Waals surface area contributed by atoms with E-state index >= 15 is 0 Å². The van der Waals surface area contributed by atoms with Crippen molar-refractivity contribution in [3.05, 3.63) is 70.9 Å². The van der Waals surface area contributed by atoms with Crippen LogP contribution in [0.15, 0.2) is 53.9 Å². The van der Waals surface area contributed by atoms with Gasteiger partial charge in [-0.15, -0.1) is 0 Å². The van der Waals surface area contributed by atoms with Gasteiger partial charge in [-0.3, -0.25) is 4.79 Å². The van der Waals surface area contributed by atoms with Gasteiger partial charge in [-0.25, -0.2) is 4.39 Å². The maximum absolute atomic E-state index is 13.5. The summed E-state index contributed by atoms with van der Waals surface area (Å²) in [4.78, 5) is 11.9. The second-order valence-electron chi connectivity index (χ2n) is 4.65. The topological polar surface area (TPSA) is 52.2 Å². The smallest absolute Gasteiger partial charge is 0.260 e. The molecule has 2 aromatic rings. The van der Waals surface area contributed by atoms with E-state index in [-0.39, 0.29) is 17.5 Å². The molecule has 0 bridgehead atoms. The van der Waals surface area contributed by atoms with Gasteiger partial charge in [0.25, 0.3) is 5.91 Å². The van der Waals surface area contributed by atoms with E-state index in [0.29, 0.717) is 16.8 Å². The lowest BCUT2D eigenvalue weighted by atomic mass is 10.1. The molecule has 3 nitrogen and oxygen atoms in total. The van der Waals surface area contributed by atoms with Crippen molar-refractivity contribution in [2.24, 2.45) is 0 Å². The van der Waals surface area contributed by atoms with Gasteiger partial charge in [-0.1, -0.05) is 36.4 Å². The lowest BCUT2D eigenvalue weighted by molar-refractivity contribution is -0.110. The van der Waals surface area contributed by atoms with Gasteiger partial charge < -0.3 is 9.87 Å². The highest BCUT2D eigenvalue weighted by Gasteiger charge is 2.26. The van der Waals surface area contributed by atoms with Crippen LogP contribution in [0.3, 0.4) is 0 Å². The second kappa shape index (κ2) is 5.71. The zero-order valence-electron chi connectivity index (χ0n) is 11.0. The number of hydrogen-bond acceptors (Lipinski definition) is 2. The molecule has 1 atom stereocenters. The van der Waals surface area contributed by atoms with E-state index in [0.717, 1.165) is 5.56 Å². The number of amides is 1. The number of rotatable bonds is 3. The van der Waals surface area contributed by atoms with Gasteiger partial charge in [0.1, 0.15) is 17.0 Å². The number of anilines is 1. The second-order valence-corrected chi connectivity index (χ2v) is 5.93. The summed E-state index contributed by atoms with van der Waals surface area (Å²) in [5.41, 5.74) is 2.18. The van der Waals surface area contributed by atoms with Crippen molar-refractivity contribution >= 4 is 28.3 Å². The number of carbonyl (C=O) groups is 1. The van der Waals surface area contributed by atoms with Crippen molar-refractivity contribution in [3.8, 4) is 0 Å². The zero-order valence-corrected chi connectivity index (χ0v) is 11.8. The van der Waals surface area contributed by atoms with Crippen molar-refractivity contribution in [3.63, 3.8) is 0 Å². The van der Waals surface area contributed by atoms with Gasteiger partial charge in [0, 0.05) is 16.8 Å². The van der Waals surface area contributed by atoms with Crippen LogP contribution in [0.25, 0.3) is 5.57 Å². The number of halogens is 1. The van der Waals surface area contributed by atoms with Crippen LogP contribution in [-0.2, 0) is 21.7 Å². The van der Waals surface area contributed by atoms with Gasteiger partial charge in [0.15, 0.2) is 0 Å². The summed E-state index contributed by atoms with van der Waals surface area (Å²) < 4.78 is 25.7. The number of nitrogens with one attached hydrogen (secondary N) is 1. The van der Waals surface area contributed by atoms with Crippen LogP contribution in [0, 0.1) is 5.82 Å². The van der Waals surface area contributed by atoms with Gasteiger partial charge in [-0.2, -0.15) is 0 Å². The van der Waals surface area contributed by atoms with Crippen LogP contribution in [-0.4, -0.2) is 10.5 Å². The first-order chi connectivity index (χ1) is 10.1. The molecule has 1 N–H and O–H groups in total. The number of hydrogen-bond donors (Lipinski definition) is 1. The van der Waals surface area contributed by atoms with Crippen molar-refractivity contribution in [2.75, 3.05) is 5.32 Å². The summed E-state index contributed by atoms with van der Waals surface area (Å²) in [6.45, 7) is 0. The molecule has 5 heteroatoms. The third-order valence-corrected chi connectivity index (χ3v) is 4.31. The SMILES string of the molecule is O=C1Nc2ccccc2C1=C[S+]([O-])Cc1ccccc1F. The third kappa shape index (κ3) is 2.84. The monoisotopic (exact) mass is 301 g/mol. The Balaban J connectivity index is 1.85. The minimum Gasteiger partial charge on any atom is -0.612 e. The molecule has 1 amide bonds. The third-order valence-electron chi connectivity index (χ3n) is 3.21. The maximum atomic E-state index is 13.5. The minimum absolute atomic E-state index is 0.0472. The molecule has 0 spiro atoms. The van der Waals surface area contributed by atoms with Gasteiger partial charge in [-0.05, 0) is 23.3 Å². The molecule has 0 aromatic heterocycles. The predicted molar refractivity (Wildman–Crippen MR) is 81.3 cm³/mol. The highest BCUT2D eigenvalue weighted by Crippen LogP contribution is 2.32. The fraction of sp³-hybridized carbons (Fsp3) is 0.0625. The summed E-state index contributed by atoms with van der Waals surface area (Å²) in [7, 11) is 0. The molecule has 106 valence electrons. The average molecular weight is 301 g/mol. The van der Waals surface area contributed by atoms with E-state index in [1.54, 1.807) is 30.3 Å².